The molecular formula is C18H35N3O2. The number of nitrogens with zero attached hydrogens (tertiary/aromatic N) is 3. The normalized spacial score (nSPS) is 21.9. The Balaban J connectivity index is 1.60. The third-order valence-corrected chi connectivity index (χ3v) is 5.20. The van der Waals surface area contributed by atoms with Crippen LogP contribution in [-0.4, -0.2) is 84.7 Å². The monoisotopic (exact) mass is 325 g/mol. The highest BCUT2D eigenvalue weighted by Gasteiger charge is 2.21. The van der Waals surface area contributed by atoms with Gasteiger partial charge in [0.25, 0.3) is 0 Å². The van der Waals surface area contributed by atoms with Crippen LogP contribution in [0.5, 0.6) is 0 Å². The lowest BCUT2D eigenvalue weighted by atomic mass is 10.1. The van der Waals surface area contributed by atoms with Crippen LogP contribution in [-0.2, 0) is 4.79 Å². The molecule has 0 spiro atoms. The van der Waals surface area contributed by atoms with Gasteiger partial charge in [0.1, 0.15) is 0 Å². The summed E-state index contributed by atoms with van der Waals surface area (Å²) in [4.78, 5) is 19.4. The fourth-order valence-corrected chi connectivity index (χ4v) is 3.62. The number of hydrogen-bond acceptors (Lipinski definition) is 4. The zero-order valence-electron chi connectivity index (χ0n) is 14.7. The zero-order chi connectivity index (χ0) is 16.3. The molecule has 2 saturated heterocycles. The van der Waals surface area contributed by atoms with E-state index in [0.717, 1.165) is 52.1 Å². The summed E-state index contributed by atoms with van der Waals surface area (Å²) in [6.45, 7) is 8.34. The van der Waals surface area contributed by atoms with E-state index in [4.69, 9.17) is 5.11 Å². The molecule has 2 fully saturated rings. The van der Waals surface area contributed by atoms with E-state index < -0.39 is 0 Å². The standard InChI is InChI=1S/C18H35N3O2/c22-17-7-6-11-20-13-15-21(16-14-20)18(23)8-12-19-9-4-2-1-3-5-10-19/h22H,1-17H2. The van der Waals surface area contributed by atoms with Gasteiger partial charge in [0.05, 0.1) is 0 Å². The fourth-order valence-electron chi connectivity index (χ4n) is 3.62. The van der Waals surface area contributed by atoms with Crippen LogP contribution < -0.4 is 0 Å². The number of amides is 1. The molecule has 1 N–H and O–H groups in total. The first-order chi connectivity index (χ1) is 11.3. The van der Waals surface area contributed by atoms with Gasteiger partial charge in [0, 0.05) is 45.8 Å². The van der Waals surface area contributed by atoms with Crippen molar-refractivity contribution in [2.45, 2.75) is 51.4 Å². The second kappa shape index (κ2) is 11.0. The van der Waals surface area contributed by atoms with Crippen LogP contribution in [0.1, 0.15) is 51.4 Å². The summed E-state index contributed by atoms with van der Waals surface area (Å²) < 4.78 is 0. The van der Waals surface area contributed by atoms with Gasteiger partial charge in [-0.3, -0.25) is 9.69 Å². The Morgan fingerprint density at radius 1 is 0.739 bits per heavy atom. The second-order valence-electron chi connectivity index (χ2n) is 7.01. The average Bonchev–Trinajstić information content (AvgIpc) is 2.54. The Morgan fingerprint density at radius 2 is 1.35 bits per heavy atom. The maximum atomic E-state index is 12.4. The van der Waals surface area contributed by atoms with Gasteiger partial charge in [0.15, 0.2) is 0 Å². The van der Waals surface area contributed by atoms with Gasteiger partial charge in [-0.15, -0.1) is 0 Å². The molecule has 0 aliphatic carbocycles. The summed E-state index contributed by atoms with van der Waals surface area (Å²) in [5, 5.41) is 8.83. The predicted molar refractivity (Wildman–Crippen MR) is 93.5 cm³/mol. The van der Waals surface area contributed by atoms with Crippen LogP contribution in [0.15, 0.2) is 0 Å². The van der Waals surface area contributed by atoms with Crippen molar-refractivity contribution in [3.8, 4) is 0 Å². The van der Waals surface area contributed by atoms with E-state index in [-0.39, 0.29) is 6.61 Å². The Morgan fingerprint density at radius 3 is 2.00 bits per heavy atom. The lowest BCUT2D eigenvalue weighted by Gasteiger charge is -2.35. The Labute approximate surface area is 141 Å². The summed E-state index contributed by atoms with van der Waals surface area (Å²) in [5.41, 5.74) is 0. The first kappa shape index (κ1) is 18.7. The maximum Gasteiger partial charge on any atom is 0.223 e. The zero-order valence-corrected chi connectivity index (χ0v) is 14.7. The number of piperazine rings is 1. The Hall–Kier alpha value is -0.650. The molecule has 23 heavy (non-hydrogen) atoms. The third kappa shape index (κ3) is 7.19. The summed E-state index contributed by atoms with van der Waals surface area (Å²) in [5.74, 6) is 0.335. The molecule has 2 heterocycles. The quantitative estimate of drug-likeness (QED) is 0.722. The number of unbranched alkanes of at least 4 members (excludes halogenated alkanes) is 1. The van der Waals surface area contributed by atoms with Gasteiger partial charge in [-0.1, -0.05) is 19.3 Å². The molecule has 2 aliphatic heterocycles. The molecule has 1 amide bonds. The van der Waals surface area contributed by atoms with Gasteiger partial charge in [0.2, 0.25) is 5.91 Å². The van der Waals surface area contributed by atoms with Crippen LogP contribution >= 0.6 is 0 Å². The van der Waals surface area contributed by atoms with Gasteiger partial charge < -0.3 is 14.9 Å². The molecule has 2 aliphatic rings. The minimum Gasteiger partial charge on any atom is -0.396 e. The van der Waals surface area contributed by atoms with Crippen LogP contribution in [0.2, 0.25) is 0 Å². The molecule has 0 atom stereocenters. The van der Waals surface area contributed by atoms with Crippen molar-refractivity contribution < 1.29 is 9.90 Å². The minimum absolute atomic E-state index is 0.287. The number of hydrogen-bond donors (Lipinski definition) is 1. The molecule has 5 heteroatoms. The molecule has 5 nitrogen and oxygen atoms in total. The summed E-state index contributed by atoms with van der Waals surface area (Å²) in [6.07, 6.45) is 9.29. The molecule has 0 aromatic carbocycles. The molecule has 134 valence electrons. The minimum atomic E-state index is 0.287. The van der Waals surface area contributed by atoms with Crippen molar-refractivity contribution in [3.05, 3.63) is 0 Å². The first-order valence-corrected chi connectivity index (χ1v) is 9.63. The largest absolute Gasteiger partial charge is 0.396 e. The SMILES string of the molecule is O=C(CCN1CCCCCCC1)N1CCN(CCCCO)CC1. The number of likely N-dealkylation sites (tertiary alicyclic amines) is 1. The average molecular weight is 325 g/mol. The van der Waals surface area contributed by atoms with Crippen molar-refractivity contribution >= 4 is 5.91 Å². The van der Waals surface area contributed by atoms with E-state index in [1.54, 1.807) is 0 Å². The summed E-state index contributed by atoms with van der Waals surface area (Å²) in [7, 11) is 0. The third-order valence-electron chi connectivity index (χ3n) is 5.20. The number of carbonyl (C=O) groups excluding carboxylic acids is 1. The van der Waals surface area contributed by atoms with Crippen molar-refractivity contribution in [2.75, 3.05) is 59.0 Å². The molecule has 0 aromatic heterocycles. The van der Waals surface area contributed by atoms with E-state index in [1.165, 1.54) is 45.2 Å². The van der Waals surface area contributed by atoms with E-state index in [9.17, 15) is 4.79 Å². The topological polar surface area (TPSA) is 47.0 Å². The van der Waals surface area contributed by atoms with Gasteiger partial charge in [-0.25, -0.2) is 0 Å². The van der Waals surface area contributed by atoms with Crippen molar-refractivity contribution in [3.63, 3.8) is 0 Å². The van der Waals surface area contributed by atoms with Gasteiger partial charge in [-0.2, -0.15) is 0 Å². The highest BCUT2D eigenvalue weighted by atomic mass is 16.2. The molecule has 0 aromatic rings. The predicted octanol–water partition coefficient (Wildman–Crippen LogP) is 1.56. The Bertz CT molecular complexity index is 322. The highest BCUT2D eigenvalue weighted by molar-refractivity contribution is 5.76. The van der Waals surface area contributed by atoms with E-state index in [0.29, 0.717) is 12.3 Å². The smallest absolute Gasteiger partial charge is 0.223 e. The first-order valence-electron chi connectivity index (χ1n) is 9.63. The van der Waals surface area contributed by atoms with E-state index in [1.807, 2.05) is 4.90 Å². The number of aliphatic hydroxyl groups is 1. The maximum absolute atomic E-state index is 12.4. The Kier molecular flexibility index (Phi) is 8.94. The van der Waals surface area contributed by atoms with Crippen molar-refractivity contribution in [1.29, 1.82) is 0 Å². The highest BCUT2D eigenvalue weighted by Crippen LogP contribution is 2.11. The lowest BCUT2D eigenvalue weighted by molar-refractivity contribution is -0.133. The summed E-state index contributed by atoms with van der Waals surface area (Å²) >= 11 is 0. The lowest BCUT2D eigenvalue weighted by Crippen LogP contribution is -2.49. The molecule has 0 radical (unpaired) electrons. The fraction of sp³-hybridized carbons (Fsp3) is 0.944. The molecule has 2 rings (SSSR count). The van der Waals surface area contributed by atoms with Crippen LogP contribution in [0.4, 0.5) is 0 Å². The number of rotatable bonds is 7. The van der Waals surface area contributed by atoms with E-state index in [2.05, 4.69) is 9.80 Å². The number of carbonyl (C=O) groups is 1. The molecule has 0 saturated carbocycles. The van der Waals surface area contributed by atoms with Crippen LogP contribution in [0, 0.1) is 0 Å². The molecule has 0 bridgehead atoms. The van der Waals surface area contributed by atoms with Crippen molar-refractivity contribution in [1.82, 2.24) is 14.7 Å². The second-order valence-corrected chi connectivity index (χ2v) is 7.01. The molecule has 0 unspecified atom stereocenters. The van der Waals surface area contributed by atoms with Crippen molar-refractivity contribution in [2.24, 2.45) is 0 Å². The van der Waals surface area contributed by atoms with Gasteiger partial charge in [-0.05, 0) is 45.3 Å². The van der Waals surface area contributed by atoms with Gasteiger partial charge >= 0.3 is 0 Å². The molecular weight excluding hydrogens is 290 g/mol. The van der Waals surface area contributed by atoms with E-state index >= 15 is 0 Å². The van der Waals surface area contributed by atoms with Crippen LogP contribution in [0.25, 0.3) is 0 Å². The van der Waals surface area contributed by atoms with Crippen LogP contribution in [0.3, 0.4) is 0 Å². The number of aliphatic hydroxyl groups excluding tert-OH is 1. The summed E-state index contributed by atoms with van der Waals surface area (Å²) in [6, 6.07) is 0.